The number of halogens is 1. The van der Waals surface area contributed by atoms with Gasteiger partial charge in [0, 0.05) is 30.1 Å². The molecule has 1 aromatic heterocycles. The van der Waals surface area contributed by atoms with Gasteiger partial charge in [-0.2, -0.15) is 0 Å². The molecule has 4 heteroatoms. The van der Waals surface area contributed by atoms with Crippen molar-refractivity contribution in [3.05, 3.63) is 44.0 Å². The molecule has 0 aliphatic rings. The van der Waals surface area contributed by atoms with Crippen molar-refractivity contribution >= 4 is 39.8 Å². The Morgan fingerprint density at radius 1 is 1.00 bits per heavy atom. The Bertz CT molecular complexity index is 205. The first-order chi connectivity index (χ1) is 9.14. The molecule has 0 spiro atoms. The van der Waals surface area contributed by atoms with Gasteiger partial charge in [-0.1, -0.05) is 80.1 Å². The summed E-state index contributed by atoms with van der Waals surface area (Å²) in [4.78, 5) is 7.30. The van der Waals surface area contributed by atoms with Crippen LogP contribution in [0.15, 0.2) is 17.0 Å². The summed E-state index contributed by atoms with van der Waals surface area (Å²) in [5, 5.41) is 0. The van der Waals surface area contributed by atoms with Gasteiger partial charge in [0.1, 0.15) is 12.5 Å². The normalized spacial score (nSPS) is 7.55. The van der Waals surface area contributed by atoms with Crippen LogP contribution in [0.2, 0.25) is 0 Å². The van der Waals surface area contributed by atoms with E-state index in [0.29, 0.717) is 0 Å². The van der Waals surface area contributed by atoms with Crippen LogP contribution in [0.1, 0.15) is 59.3 Å². The average Bonchev–Trinajstić information content (AvgIpc) is 2.48. The van der Waals surface area contributed by atoms with Gasteiger partial charge in [-0.3, -0.25) is 0 Å². The first-order valence-electron chi connectivity index (χ1n) is 6.85. The molecule has 0 fully saturated rings. The standard InChI is InChI=1S/C4H2BrN2.3C4H9.Sn/c5-4-1-6-3-7-2-4;3*1-3-4-2;/h1,3H;3*1,3-4H2,2H3;. The summed E-state index contributed by atoms with van der Waals surface area (Å²) in [5.41, 5.74) is 0. The Labute approximate surface area is 152 Å². The Kier molecular flexibility index (Phi) is 45.1. The first-order valence-corrected chi connectivity index (χ1v) is 7.64. The van der Waals surface area contributed by atoms with Crippen molar-refractivity contribution < 1.29 is 0 Å². The number of rotatable bonds is 3. The summed E-state index contributed by atoms with van der Waals surface area (Å²) in [6.07, 6.45) is 12.5. The molecule has 0 aromatic carbocycles. The van der Waals surface area contributed by atoms with Crippen LogP contribution in [0.3, 0.4) is 0 Å². The summed E-state index contributed by atoms with van der Waals surface area (Å²) in [5.74, 6) is 0. The molecule has 1 rings (SSSR count). The van der Waals surface area contributed by atoms with Crippen LogP contribution in [-0.4, -0.2) is 33.9 Å². The zero-order valence-corrected chi connectivity index (χ0v) is 17.7. The van der Waals surface area contributed by atoms with E-state index in [2.05, 4.69) is 73.6 Å². The summed E-state index contributed by atoms with van der Waals surface area (Å²) >= 11 is 3.13. The molecule has 20 heavy (non-hydrogen) atoms. The van der Waals surface area contributed by atoms with Crippen molar-refractivity contribution in [3.8, 4) is 0 Å². The van der Waals surface area contributed by atoms with Crippen molar-refractivity contribution in [2.75, 3.05) is 0 Å². The van der Waals surface area contributed by atoms with Crippen LogP contribution >= 0.6 is 15.9 Å². The van der Waals surface area contributed by atoms with Crippen molar-refractivity contribution in [2.45, 2.75) is 59.3 Å². The maximum absolute atomic E-state index is 3.70. The summed E-state index contributed by atoms with van der Waals surface area (Å²) in [6.45, 7) is 17.2. The van der Waals surface area contributed by atoms with Crippen LogP contribution in [0.25, 0.3) is 0 Å². The minimum absolute atomic E-state index is 0. The van der Waals surface area contributed by atoms with E-state index in [4.69, 9.17) is 0 Å². The second-order valence-corrected chi connectivity index (χ2v) is 4.40. The average molecular weight is 448 g/mol. The first kappa shape index (κ1) is 28.5. The van der Waals surface area contributed by atoms with Gasteiger partial charge in [0.2, 0.25) is 0 Å². The minimum Gasteiger partial charge on any atom is -0.244 e. The van der Waals surface area contributed by atoms with E-state index in [-0.39, 0.29) is 23.9 Å². The molecule has 0 unspecified atom stereocenters. The predicted octanol–water partition coefficient (Wildman–Crippen LogP) is 5.52. The largest absolute Gasteiger partial charge is 0.244 e. The Morgan fingerprint density at radius 3 is 1.45 bits per heavy atom. The fraction of sp³-hybridized carbons (Fsp3) is 0.562. The van der Waals surface area contributed by atoms with E-state index < -0.39 is 0 Å². The molecule has 114 valence electrons. The number of nitrogens with zero attached hydrogens (tertiary/aromatic N) is 2. The molecule has 2 nitrogen and oxygen atoms in total. The fourth-order valence-electron chi connectivity index (χ4n) is 0.252. The molecule has 1 heterocycles. The van der Waals surface area contributed by atoms with Crippen LogP contribution in [0.4, 0.5) is 0 Å². The molecule has 0 atom stereocenters. The van der Waals surface area contributed by atoms with Crippen molar-refractivity contribution in [1.82, 2.24) is 9.97 Å². The van der Waals surface area contributed by atoms with Crippen LogP contribution in [0, 0.1) is 27.0 Å². The second-order valence-electron chi connectivity index (χ2n) is 3.54. The van der Waals surface area contributed by atoms with Gasteiger partial charge in [0.15, 0.2) is 0 Å². The monoisotopic (exact) mass is 448 g/mol. The summed E-state index contributed by atoms with van der Waals surface area (Å²) in [7, 11) is 0. The minimum atomic E-state index is 0. The van der Waals surface area contributed by atoms with Gasteiger partial charge in [0.25, 0.3) is 0 Å². The molecule has 0 bridgehead atoms. The molecular formula is C16H29BrN2Sn. The third-order valence-electron chi connectivity index (χ3n) is 1.54. The number of unbranched alkanes of at least 4 members (excludes halogenated alkanes) is 3. The molecule has 0 saturated carbocycles. The fourth-order valence-corrected chi connectivity index (χ4v) is 0.472. The number of aromatic nitrogens is 2. The molecule has 0 N–H and O–H groups in total. The smallest absolute Gasteiger partial charge is 0.116 e. The SMILES string of the molecule is Brc1[c]ncnc1.[CH2]CCC.[CH2]CCC.[CH2]CCC.[Sn]. The van der Waals surface area contributed by atoms with E-state index in [1.54, 1.807) is 6.20 Å². The van der Waals surface area contributed by atoms with E-state index >= 15 is 0 Å². The summed E-state index contributed by atoms with van der Waals surface area (Å²) in [6, 6.07) is 0. The van der Waals surface area contributed by atoms with E-state index in [0.717, 1.165) is 23.7 Å². The molecule has 1 aromatic rings. The van der Waals surface area contributed by atoms with E-state index in [1.165, 1.54) is 25.6 Å². The van der Waals surface area contributed by atoms with Gasteiger partial charge in [-0.25, -0.2) is 9.97 Å². The Balaban J connectivity index is -0.0000000881. The predicted molar refractivity (Wildman–Crippen MR) is 95.1 cm³/mol. The molecule has 0 aliphatic carbocycles. The second kappa shape index (κ2) is 31.6. The quantitative estimate of drug-likeness (QED) is 0.570. The summed E-state index contributed by atoms with van der Waals surface area (Å²) < 4.78 is 0.787. The van der Waals surface area contributed by atoms with Crippen molar-refractivity contribution in [2.24, 2.45) is 0 Å². The molecule has 0 amide bonds. The Morgan fingerprint density at radius 2 is 1.35 bits per heavy atom. The van der Waals surface area contributed by atoms with Gasteiger partial charge >= 0.3 is 0 Å². The van der Waals surface area contributed by atoms with E-state index in [1.807, 2.05) is 0 Å². The maximum Gasteiger partial charge on any atom is 0.116 e. The number of hydrogen-bond acceptors (Lipinski definition) is 2. The van der Waals surface area contributed by atoms with Gasteiger partial charge in [0.05, 0.1) is 4.47 Å². The van der Waals surface area contributed by atoms with Crippen LogP contribution < -0.4 is 0 Å². The third-order valence-corrected chi connectivity index (χ3v) is 1.93. The molecule has 8 radical (unpaired) electrons. The molecular weight excluding hydrogens is 419 g/mol. The van der Waals surface area contributed by atoms with Crippen LogP contribution in [-0.2, 0) is 0 Å². The maximum atomic E-state index is 3.70. The van der Waals surface area contributed by atoms with Crippen molar-refractivity contribution in [1.29, 1.82) is 0 Å². The number of hydrogen-bond donors (Lipinski definition) is 0. The zero-order valence-electron chi connectivity index (χ0n) is 13.3. The van der Waals surface area contributed by atoms with Gasteiger partial charge < -0.3 is 0 Å². The van der Waals surface area contributed by atoms with Crippen molar-refractivity contribution in [3.63, 3.8) is 0 Å². The Hall–Kier alpha value is 0.359. The zero-order chi connectivity index (χ0) is 15.4. The van der Waals surface area contributed by atoms with E-state index in [9.17, 15) is 0 Å². The van der Waals surface area contributed by atoms with Gasteiger partial charge in [-0.15, -0.1) is 0 Å². The molecule has 0 saturated heterocycles. The third kappa shape index (κ3) is 42.9. The van der Waals surface area contributed by atoms with Gasteiger partial charge in [-0.05, 0) is 15.9 Å². The topological polar surface area (TPSA) is 25.8 Å². The molecule has 0 aliphatic heterocycles. The van der Waals surface area contributed by atoms with Crippen LogP contribution in [0.5, 0.6) is 0 Å².